The number of nitrogens with one attached hydrogen (secondary N) is 8. The summed E-state index contributed by atoms with van der Waals surface area (Å²) in [6.45, 7) is 4.36. The Morgan fingerprint density at radius 2 is 1.16 bits per heavy atom. The van der Waals surface area contributed by atoms with Gasteiger partial charge in [0.05, 0.1) is 24.8 Å². The van der Waals surface area contributed by atoms with Crippen LogP contribution < -0.4 is 42.5 Å². The lowest BCUT2D eigenvalue weighted by Gasteiger charge is -2.27. The van der Waals surface area contributed by atoms with Crippen LogP contribution in [-0.4, -0.2) is 141 Å². The van der Waals surface area contributed by atoms with Gasteiger partial charge in [-0.25, -0.2) is 0 Å². The smallest absolute Gasteiger partial charge is 0.305 e. The van der Waals surface area contributed by atoms with Crippen molar-refractivity contribution in [2.75, 3.05) is 29.6 Å². The highest BCUT2D eigenvalue weighted by Crippen LogP contribution is 2.24. The molecule has 0 saturated carbocycles. The second-order valence-electron chi connectivity index (χ2n) is 15.1. The molecule has 1 aromatic carbocycles. The van der Waals surface area contributed by atoms with E-state index in [4.69, 9.17) is 0 Å². The van der Waals surface area contributed by atoms with E-state index in [1.54, 1.807) is 0 Å². The van der Waals surface area contributed by atoms with Crippen molar-refractivity contribution in [2.45, 2.75) is 121 Å². The fraction of sp³-hybridized carbons (Fsp3) is 0.600. The summed E-state index contributed by atoms with van der Waals surface area (Å²) in [6, 6.07) is -3.50. The number of rotatable bonds is 12. The number of aromatic hydroxyl groups is 1. The van der Waals surface area contributed by atoms with Crippen molar-refractivity contribution in [3.05, 3.63) is 29.8 Å². The number of carboxylic acid groups (broad SMARTS) is 1. The molecule has 2 bridgehead atoms. The van der Waals surface area contributed by atoms with Crippen LogP contribution in [0.4, 0.5) is 0 Å². The molecule has 0 aliphatic carbocycles. The standard InChI is InChI=1S/C40H58N8O12S3/c1-4-6-8-10-26-36(56)47-30-19-62-63-20-31(48-38(58)28(16-34(53)54)43-32(51)17-41-35(55)25(9-7-5-2)44-39(30)59)40(60)45-27(15-23-11-13-24(50)14-12-23)37(57)46-29(22(3)49)18-61-21-33(52)42-26/h11-14,25-31,50H,4-10,15-21H2,1-3H3,(H,41,55)(H,42,52)(H,43,51)(H,44,59)(H,45,60)(H,46,57)(H,47,56)(H,48,58)(H,53,54). The quantitative estimate of drug-likeness (QED) is 0.0927. The van der Waals surface area contributed by atoms with Gasteiger partial charge in [0.15, 0.2) is 5.78 Å². The highest BCUT2D eigenvalue weighted by Gasteiger charge is 2.34. The minimum Gasteiger partial charge on any atom is -0.508 e. The van der Waals surface area contributed by atoms with Crippen LogP contribution in [-0.2, 0) is 54.4 Å². The lowest BCUT2D eigenvalue weighted by Crippen LogP contribution is -2.59. The van der Waals surface area contributed by atoms with E-state index >= 15 is 0 Å². The first-order valence-electron chi connectivity index (χ1n) is 20.7. The summed E-state index contributed by atoms with van der Waals surface area (Å²) in [7, 11) is 2.00. The molecule has 2 saturated heterocycles. The van der Waals surface area contributed by atoms with Gasteiger partial charge in [-0.3, -0.25) is 47.9 Å². The van der Waals surface area contributed by atoms with Crippen molar-refractivity contribution in [3.8, 4) is 5.75 Å². The van der Waals surface area contributed by atoms with Gasteiger partial charge in [-0.15, -0.1) is 11.8 Å². The maximum absolute atomic E-state index is 14.2. The van der Waals surface area contributed by atoms with Crippen molar-refractivity contribution >= 4 is 92.4 Å². The van der Waals surface area contributed by atoms with Crippen molar-refractivity contribution < 1.29 is 58.2 Å². The Hall–Kier alpha value is -5.03. The van der Waals surface area contributed by atoms with Crippen LogP contribution in [0.2, 0.25) is 0 Å². The van der Waals surface area contributed by atoms with Crippen LogP contribution in [0.15, 0.2) is 24.3 Å². The van der Waals surface area contributed by atoms with Gasteiger partial charge in [0.1, 0.15) is 42.0 Å². The monoisotopic (exact) mass is 938 g/mol. The molecule has 2 fully saturated rings. The van der Waals surface area contributed by atoms with Gasteiger partial charge < -0.3 is 52.7 Å². The summed E-state index contributed by atoms with van der Waals surface area (Å²) >= 11 is 1.01. The van der Waals surface area contributed by atoms with Crippen LogP contribution in [0.3, 0.4) is 0 Å². The molecule has 2 aliphatic heterocycles. The fourth-order valence-electron chi connectivity index (χ4n) is 6.27. The number of aliphatic carboxylic acids is 1. The van der Waals surface area contributed by atoms with E-state index in [1.807, 2.05) is 13.8 Å². The number of thioether (sulfide) groups is 1. The molecule has 7 atom stereocenters. The number of amides is 8. The van der Waals surface area contributed by atoms with Crippen LogP contribution in [0.5, 0.6) is 5.75 Å². The molecular weight excluding hydrogens is 881 g/mol. The van der Waals surface area contributed by atoms with E-state index in [2.05, 4.69) is 42.5 Å². The van der Waals surface area contributed by atoms with Crippen molar-refractivity contribution in [3.63, 3.8) is 0 Å². The molecule has 0 spiro atoms. The number of benzene rings is 1. The summed E-state index contributed by atoms with van der Waals surface area (Å²) in [5.74, 6) is -9.14. The summed E-state index contributed by atoms with van der Waals surface area (Å²) in [4.78, 5) is 134. The molecule has 7 unspecified atom stereocenters. The normalized spacial score (nSPS) is 25.5. The number of carboxylic acids is 1. The zero-order valence-corrected chi connectivity index (χ0v) is 37.9. The lowest BCUT2D eigenvalue weighted by molar-refractivity contribution is -0.141. The number of phenolic OH excluding ortho intramolecular Hbond substituents is 1. The van der Waals surface area contributed by atoms with E-state index in [0.29, 0.717) is 24.8 Å². The first kappa shape index (κ1) is 52.3. The maximum Gasteiger partial charge on any atom is 0.305 e. The van der Waals surface area contributed by atoms with Crippen molar-refractivity contribution in [1.29, 1.82) is 0 Å². The van der Waals surface area contributed by atoms with Crippen molar-refractivity contribution in [2.24, 2.45) is 0 Å². The third kappa shape index (κ3) is 18.7. The molecule has 63 heavy (non-hydrogen) atoms. The van der Waals surface area contributed by atoms with Gasteiger partial charge in [-0.1, -0.05) is 79.7 Å². The number of hydrogen-bond donors (Lipinski definition) is 10. The summed E-state index contributed by atoms with van der Waals surface area (Å²) in [6.07, 6.45) is 2.57. The van der Waals surface area contributed by atoms with Crippen LogP contribution in [0, 0.1) is 0 Å². The summed E-state index contributed by atoms with van der Waals surface area (Å²) in [5.41, 5.74) is 0.490. The molecule has 0 aromatic heterocycles. The zero-order valence-electron chi connectivity index (χ0n) is 35.5. The second kappa shape index (κ2) is 27.2. The molecule has 3 rings (SSSR count). The highest BCUT2D eigenvalue weighted by molar-refractivity contribution is 8.76. The Bertz CT molecular complexity index is 1810. The number of carbonyl (C=O) groups excluding carboxylic acids is 9. The number of phenols is 1. The van der Waals surface area contributed by atoms with Crippen LogP contribution in [0.25, 0.3) is 0 Å². The Labute approximate surface area is 377 Å². The molecule has 0 radical (unpaired) electrons. The third-order valence-corrected chi connectivity index (χ3v) is 13.3. The zero-order chi connectivity index (χ0) is 46.5. The highest BCUT2D eigenvalue weighted by atomic mass is 33.1. The predicted molar refractivity (Wildman–Crippen MR) is 237 cm³/mol. The van der Waals surface area contributed by atoms with Gasteiger partial charge in [-0.2, -0.15) is 0 Å². The molecule has 8 amide bonds. The molecule has 10 N–H and O–H groups in total. The molecule has 2 heterocycles. The number of Topliss-reactive ketones (excluding diaryl/α,β-unsaturated/α-hetero) is 1. The summed E-state index contributed by atoms with van der Waals surface area (Å²) < 4.78 is 0. The first-order valence-corrected chi connectivity index (χ1v) is 24.4. The molecule has 20 nitrogen and oxygen atoms in total. The van der Waals surface area contributed by atoms with Crippen LogP contribution in [0.1, 0.15) is 77.7 Å². The Balaban J connectivity index is 2.13. The number of hydrogen-bond acceptors (Lipinski definition) is 14. The minimum absolute atomic E-state index is 0.0617. The number of ketones is 1. The van der Waals surface area contributed by atoms with Gasteiger partial charge in [0.2, 0.25) is 47.3 Å². The van der Waals surface area contributed by atoms with Gasteiger partial charge >= 0.3 is 5.97 Å². The van der Waals surface area contributed by atoms with Crippen molar-refractivity contribution in [1.82, 2.24) is 42.5 Å². The first-order chi connectivity index (χ1) is 30.0. The molecule has 348 valence electrons. The number of carbonyl (C=O) groups is 10. The van der Waals surface area contributed by atoms with Gasteiger partial charge in [0, 0.05) is 23.7 Å². The number of fused-ring (bicyclic) bond motifs is 5. The Kier molecular flexibility index (Phi) is 22.6. The van der Waals surface area contributed by atoms with E-state index < -0.39 is 114 Å². The topological polar surface area (TPSA) is 307 Å². The molecule has 1 aromatic rings. The van der Waals surface area contributed by atoms with E-state index in [9.17, 15) is 58.2 Å². The SMILES string of the molecule is CCCCCC1NC(=O)CSCC(C(C)=O)NC(=O)C(Cc2ccc(O)cc2)NC(=O)C2CSSCC(NC1=O)C(=O)NC(CCCC)C(=O)NCC(=O)NC(CC(=O)O)C(=O)N2. The van der Waals surface area contributed by atoms with Crippen LogP contribution >= 0.6 is 33.3 Å². The molecular formula is C40H58N8O12S3. The average Bonchev–Trinajstić information content (AvgIpc) is 3.23. The van der Waals surface area contributed by atoms with E-state index in [-0.39, 0.29) is 48.0 Å². The predicted octanol–water partition coefficient (Wildman–Crippen LogP) is -0.579. The van der Waals surface area contributed by atoms with E-state index in [0.717, 1.165) is 46.2 Å². The van der Waals surface area contributed by atoms with Gasteiger partial charge in [-0.05, 0) is 37.5 Å². The lowest BCUT2D eigenvalue weighted by atomic mass is 10.0. The minimum atomic E-state index is -1.72. The molecule has 2 aliphatic rings. The Morgan fingerprint density at radius 3 is 1.75 bits per heavy atom. The molecule has 23 heteroatoms. The maximum atomic E-state index is 14.2. The Morgan fingerprint density at radius 1 is 0.619 bits per heavy atom. The summed E-state index contributed by atoms with van der Waals surface area (Å²) in [5, 5.41) is 40.0. The second-order valence-corrected chi connectivity index (χ2v) is 18.6. The third-order valence-electron chi connectivity index (χ3n) is 9.83. The number of unbranched alkanes of at least 4 members (excludes halogenated alkanes) is 3. The van der Waals surface area contributed by atoms with Gasteiger partial charge in [0.25, 0.3) is 0 Å². The average molecular weight is 939 g/mol. The van der Waals surface area contributed by atoms with E-state index in [1.165, 1.54) is 31.2 Å². The fourth-order valence-corrected chi connectivity index (χ4v) is 9.54. The largest absolute Gasteiger partial charge is 0.508 e.